The van der Waals surface area contributed by atoms with Crippen molar-refractivity contribution in [1.82, 2.24) is 4.98 Å². The van der Waals surface area contributed by atoms with Crippen LogP contribution in [0.5, 0.6) is 0 Å². The molecule has 1 rings (SSSR count). The van der Waals surface area contributed by atoms with Gasteiger partial charge in [-0.25, -0.2) is 4.98 Å². The molecule has 0 saturated heterocycles. The highest BCUT2D eigenvalue weighted by molar-refractivity contribution is 5.97. The van der Waals surface area contributed by atoms with Crippen molar-refractivity contribution in [3.05, 3.63) is 27.9 Å². The quantitative estimate of drug-likeness (QED) is 0.232. The van der Waals surface area contributed by atoms with Crippen molar-refractivity contribution in [3.8, 4) is 0 Å². The minimum Gasteiger partial charge on any atom is -0.409 e. The van der Waals surface area contributed by atoms with E-state index in [4.69, 9.17) is 10.9 Å². The summed E-state index contributed by atoms with van der Waals surface area (Å²) in [6.45, 7) is 3.32. The van der Waals surface area contributed by atoms with Crippen LogP contribution in [0.15, 0.2) is 17.4 Å². The average molecular weight is 283 g/mol. The Morgan fingerprint density at radius 1 is 1.65 bits per heavy atom. The third kappa shape index (κ3) is 3.79. The largest absolute Gasteiger partial charge is 0.409 e. The van der Waals surface area contributed by atoms with Crippen LogP contribution < -0.4 is 10.6 Å². The van der Waals surface area contributed by atoms with Gasteiger partial charge in [0.15, 0.2) is 5.84 Å². The molecule has 0 saturated carbocycles. The highest BCUT2D eigenvalue weighted by atomic mass is 16.6. The molecular formula is C11H17N5O4. The van der Waals surface area contributed by atoms with Crippen LogP contribution in [-0.2, 0) is 0 Å². The fourth-order valence-corrected chi connectivity index (χ4v) is 1.73. The first kappa shape index (κ1) is 15.6. The summed E-state index contributed by atoms with van der Waals surface area (Å²) < 4.78 is 0. The summed E-state index contributed by atoms with van der Waals surface area (Å²) in [6.07, 6.45) is 1.26. The molecule has 1 aromatic rings. The lowest BCUT2D eigenvalue weighted by atomic mass is 10.1. The van der Waals surface area contributed by atoms with E-state index in [1.54, 1.807) is 20.9 Å². The summed E-state index contributed by atoms with van der Waals surface area (Å²) in [5, 5.41) is 32.2. The Labute approximate surface area is 115 Å². The van der Waals surface area contributed by atoms with Crippen LogP contribution in [0.2, 0.25) is 0 Å². The van der Waals surface area contributed by atoms with Crippen molar-refractivity contribution in [3.63, 3.8) is 0 Å². The Morgan fingerprint density at radius 3 is 2.70 bits per heavy atom. The molecule has 9 nitrogen and oxygen atoms in total. The maximum atomic E-state index is 11.1. The van der Waals surface area contributed by atoms with Gasteiger partial charge in [-0.05, 0) is 13.8 Å². The molecular weight excluding hydrogens is 266 g/mol. The zero-order valence-corrected chi connectivity index (χ0v) is 11.4. The zero-order chi connectivity index (χ0) is 15.5. The van der Waals surface area contributed by atoms with Crippen LogP contribution >= 0.6 is 0 Å². The lowest BCUT2D eigenvalue weighted by Gasteiger charge is -2.26. The van der Waals surface area contributed by atoms with E-state index in [9.17, 15) is 15.2 Å². The summed E-state index contributed by atoms with van der Waals surface area (Å²) in [6, 6.07) is 1.16. The maximum absolute atomic E-state index is 11.1. The van der Waals surface area contributed by atoms with E-state index in [0.29, 0.717) is 0 Å². The maximum Gasteiger partial charge on any atom is 0.312 e. The smallest absolute Gasteiger partial charge is 0.312 e. The Hall–Kier alpha value is -2.42. The third-order valence-corrected chi connectivity index (χ3v) is 2.43. The number of aliphatic hydroxyl groups is 1. The van der Waals surface area contributed by atoms with Gasteiger partial charge in [0.1, 0.15) is 0 Å². The molecule has 9 heteroatoms. The Bertz CT molecular complexity index is 538. The molecule has 1 heterocycles. The second kappa shape index (κ2) is 5.70. The van der Waals surface area contributed by atoms with Crippen molar-refractivity contribution in [2.45, 2.75) is 19.4 Å². The molecule has 0 bridgehead atoms. The molecule has 110 valence electrons. The van der Waals surface area contributed by atoms with Crippen molar-refractivity contribution in [1.29, 1.82) is 0 Å². The number of rotatable bonds is 5. The van der Waals surface area contributed by atoms with Crippen LogP contribution in [0.25, 0.3) is 0 Å². The highest BCUT2D eigenvalue weighted by Crippen LogP contribution is 2.26. The Balaban J connectivity index is 3.24. The number of oxime groups is 1. The predicted octanol–water partition coefficient (Wildman–Crippen LogP) is 0.291. The predicted molar refractivity (Wildman–Crippen MR) is 73.0 cm³/mol. The number of hydrogen-bond donors (Lipinski definition) is 3. The molecule has 0 atom stereocenters. The molecule has 20 heavy (non-hydrogen) atoms. The van der Waals surface area contributed by atoms with Gasteiger partial charge in [0.05, 0.1) is 10.5 Å². The standard InChI is InChI=1S/C11H17N5O4/c1-11(2,17)6-15(3)10-8(16(19)20)4-7(5-13-10)9(12)14-18/h4-5,17-18H,6H2,1-3H3,(H2,12,14). The first-order valence-corrected chi connectivity index (χ1v) is 5.71. The van der Waals surface area contributed by atoms with Crippen LogP contribution in [0, 0.1) is 10.1 Å². The third-order valence-electron chi connectivity index (χ3n) is 2.43. The summed E-state index contributed by atoms with van der Waals surface area (Å²) in [5.41, 5.74) is 4.19. The fraction of sp³-hybridized carbons (Fsp3) is 0.455. The van der Waals surface area contributed by atoms with Crippen molar-refractivity contribution < 1.29 is 15.2 Å². The van der Waals surface area contributed by atoms with Gasteiger partial charge in [0.2, 0.25) is 5.82 Å². The molecule has 1 aromatic heterocycles. The normalized spacial score (nSPS) is 12.3. The van der Waals surface area contributed by atoms with E-state index in [1.807, 2.05) is 0 Å². The minimum absolute atomic E-state index is 0.0895. The number of aromatic nitrogens is 1. The van der Waals surface area contributed by atoms with Gasteiger partial charge in [0, 0.05) is 31.4 Å². The van der Waals surface area contributed by atoms with E-state index in [1.165, 1.54) is 11.1 Å². The second-order valence-electron chi connectivity index (χ2n) is 4.98. The van der Waals surface area contributed by atoms with Crippen LogP contribution in [0.4, 0.5) is 11.5 Å². The number of anilines is 1. The summed E-state index contributed by atoms with van der Waals surface area (Å²) in [4.78, 5) is 15.9. The molecule has 0 spiro atoms. The number of nitrogens with two attached hydrogens (primary N) is 1. The molecule has 4 N–H and O–H groups in total. The van der Waals surface area contributed by atoms with E-state index in [0.717, 1.165) is 6.07 Å². The van der Waals surface area contributed by atoms with E-state index in [-0.39, 0.29) is 29.4 Å². The Kier molecular flexibility index (Phi) is 4.45. The number of hydrogen-bond acceptors (Lipinski definition) is 7. The molecule has 0 aromatic carbocycles. The number of nitro groups is 1. The topological polar surface area (TPSA) is 138 Å². The number of nitrogens with zero attached hydrogens (tertiary/aromatic N) is 4. The first-order chi connectivity index (χ1) is 9.15. The lowest BCUT2D eigenvalue weighted by molar-refractivity contribution is -0.384. The van der Waals surface area contributed by atoms with Crippen LogP contribution in [0.3, 0.4) is 0 Å². The lowest BCUT2D eigenvalue weighted by Crippen LogP contribution is -2.37. The van der Waals surface area contributed by atoms with Gasteiger partial charge in [-0.3, -0.25) is 10.1 Å². The number of amidine groups is 1. The highest BCUT2D eigenvalue weighted by Gasteiger charge is 2.24. The molecule has 0 radical (unpaired) electrons. The second-order valence-corrected chi connectivity index (χ2v) is 4.98. The minimum atomic E-state index is -1.03. The fourth-order valence-electron chi connectivity index (χ4n) is 1.73. The van der Waals surface area contributed by atoms with Gasteiger partial charge in [-0.2, -0.15) is 0 Å². The Morgan fingerprint density at radius 2 is 2.25 bits per heavy atom. The SMILES string of the molecule is CN(CC(C)(C)O)c1ncc(C(N)=NO)cc1[N+](=O)[O-]. The number of likely N-dealkylation sites (N-methyl/N-ethyl adjacent to an activating group) is 1. The molecule has 0 aliphatic rings. The van der Waals surface area contributed by atoms with Gasteiger partial charge < -0.3 is 20.9 Å². The number of pyridine rings is 1. The molecule has 0 amide bonds. The monoisotopic (exact) mass is 283 g/mol. The molecule has 0 aliphatic carbocycles. The summed E-state index contributed by atoms with van der Waals surface area (Å²) in [5.74, 6) is -0.177. The van der Waals surface area contributed by atoms with Crippen molar-refractivity contribution in [2.75, 3.05) is 18.5 Å². The summed E-state index contributed by atoms with van der Waals surface area (Å²) >= 11 is 0. The van der Waals surface area contributed by atoms with Gasteiger partial charge >= 0.3 is 5.69 Å². The van der Waals surface area contributed by atoms with Gasteiger partial charge in [-0.15, -0.1) is 0 Å². The molecule has 0 fully saturated rings. The molecule has 0 aliphatic heterocycles. The van der Waals surface area contributed by atoms with Crippen LogP contribution in [0.1, 0.15) is 19.4 Å². The van der Waals surface area contributed by atoms with Gasteiger partial charge in [-0.1, -0.05) is 5.16 Å². The van der Waals surface area contributed by atoms with Crippen molar-refractivity contribution >= 4 is 17.3 Å². The van der Waals surface area contributed by atoms with E-state index in [2.05, 4.69) is 10.1 Å². The van der Waals surface area contributed by atoms with Gasteiger partial charge in [0.25, 0.3) is 0 Å². The first-order valence-electron chi connectivity index (χ1n) is 5.71. The van der Waals surface area contributed by atoms with Crippen molar-refractivity contribution in [2.24, 2.45) is 10.9 Å². The van der Waals surface area contributed by atoms with E-state index >= 15 is 0 Å². The average Bonchev–Trinajstić information content (AvgIpc) is 2.34. The van der Waals surface area contributed by atoms with Crippen LogP contribution in [-0.4, -0.2) is 45.3 Å². The zero-order valence-electron chi connectivity index (χ0n) is 11.4. The van der Waals surface area contributed by atoms with E-state index < -0.39 is 10.5 Å². The molecule has 0 unspecified atom stereocenters. The summed E-state index contributed by atoms with van der Waals surface area (Å²) in [7, 11) is 1.58.